The van der Waals surface area contributed by atoms with E-state index in [-0.39, 0.29) is 18.1 Å². The van der Waals surface area contributed by atoms with E-state index >= 15 is 0 Å². The van der Waals surface area contributed by atoms with Crippen LogP contribution in [0, 0.1) is 11.8 Å². The van der Waals surface area contributed by atoms with Gasteiger partial charge in [0.15, 0.2) is 0 Å². The first-order valence-electron chi connectivity index (χ1n) is 8.04. The largest absolute Gasteiger partial charge is 0.492 e. The van der Waals surface area contributed by atoms with Crippen LogP contribution >= 0.6 is 0 Å². The number of nitrogens with zero attached hydrogens (tertiary/aromatic N) is 1. The van der Waals surface area contributed by atoms with E-state index in [0.717, 1.165) is 36.8 Å². The highest BCUT2D eigenvalue weighted by Gasteiger charge is 2.52. The minimum absolute atomic E-state index is 0.0722. The lowest BCUT2D eigenvalue weighted by atomic mass is 9.79. The lowest BCUT2D eigenvalue weighted by molar-refractivity contribution is -0.169. The molecule has 2 N–H and O–H groups in total. The molecular formula is C16H23NO4. The summed E-state index contributed by atoms with van der Waals surface area (Å²) in [5.74, 6) is 1.89. The van der Waals surface area contributed by atoms with Gasteiger partial charge in [-0.05, 0) is 42.9 Å². The zero-order valence-electron chi connectivity index (χ0n) is 12.6. The first-order chi connectivity index (χ1) is 10.1. The van der Waals surface area contributed by atoms with Crippen LogP contribution in [0.15, 0.2) is 0 Å². The number of ether oxygens (including phenoxy) is 1. The predicted octanol–water partition coefficient (Wildman–Crippen LogP) is 2.71. The maximum Gasteiger partial charge on any atom is 0.233 e. The van der Waals surface area contributed by atoms with Crippen LogP contribution in [0.5, 0.6) is 11.8 Å². The summed E-state index contributed by atoms with van der Waals surface area (Å²) >= 11 is 0. The lowest BCUT2D eigenvalue weighted by Gasteiger charge is -2.24. The molecule has 116 valence electrons. The average Bonchev–Trinajstić information content (AvgIpc) is 3.09. The number of hydrogen-bond donors (Lipinski definition) is 2. The number of aromatic hydroxyl groups is 2. The van der Waals surface area contributed by atoms with E-state index in [1.54, 1.807) is 0 Å². The second-order valence-corrected chi connectivity index (χ2v) is 6.84. The fraction of sp³-hybridized carbons (Fsp3) is 0.750. The molecule has 0 amide bonds. The van der Waals surface area contributed by atoms with Crippen molar-refractivity contribution in [2.24, 2.45) is 11.8 Å². The fourth-order valence-electron chi connectivity index (χ4n) is 4.50. The third-order valence-electron chi connectivity index (χ3n) is 5.87. The van der Waals surface area contributed by atoms with Gasteiger partial charge in [-0.15, -0.1) is 4.73 Å². The molecule has 5 heteroatoms. The van der Waals surface area contributed by atoms with Crippen molar-refractivity contribution in [3.63, 3.8) is 0 Å². The topological polar surface area (TPSA) is 63.9 Å². The smallest absolute Gasteiger partial charge is 0.233 e. The van der Waals surface area contributed by atoms with Gasteiger partial charge in [0.25, 0.3) is 0 Å². The van der Waals surface area contributed by atoms with Crippen LogP contribution in [0.3, 0.4) is 0 Å². The van der Waals surface area contributed by atoms with Crippen molar-refractivity contribution in [3.05, 3.63) is 11.1 Å². The minimum atomic E-state index is -0.379. The summed E-state index contributed by atoms with van der Waals surface area (Å²) in [5.41, 5.74) is 1.80. The highest BCUT2D eigenvalue weighted by atomic mass is 16.8. The third-order valence-corrected chi connectivity index (χ3v) is 5.87. The first kappa shape index (κ1) is 13.3. The lowest BCUT2D eigenvalue weighted by Crippen LogP contribution is -2.30. The van der Waals surface area contributed by atoms with E-state index in [2.05, 4.69) is 13.8 Å². The fourth-order valence-corrected chi connectivity index (χ4v) is 4.50. The standard InChI is InChI=1S/C16H23NO4/c1-8-9(2)11-7-10(8)13-14(11)16(19)17(15(13)18)21-12-5-3-4-6-20-12/h8-12,18-19H,3-7H2,1-2H3. The van der Waals surface area contributed by atoms with E-state index < -0.39 is 0 Å². The second kappa shape index (κ2) is 4.57. The molecule has 0 spiro atoms. The van der Waals surface area contributed by atoms with Crippen molar-refractivity contribution in [2.45, 2.75) is 57.7 Å². The van der Waals surface area contributed by atoms with Crippen LogP contribution in [0.2, 0.25) is 0 Å². The molecule has 1 saturated carbocycles. The Hall–Kier alpha value is -1.36. The molecular weight excluding hydrogens is 270 g/mol. The summed E-state index contributed by atoms with van der Waals surface area (Å²) in [6, 6.07) is 0. The zero-order valence-corrected chi connectivity index (χ0v) is 12.6. The molecule has 0 aromatic carbocycles. The van der Waals surface area contributed by atoms with Gasteiger partial charge < -0.3 is 19.8 Å². The minimum Gasteiger partial charge on any atom is -0.492 e. The van der Waals surface area contributed by atoms with Gasteiger partial charge in [0.05, 0.1) is 6.61 Å². The highest BCUT2D eigenvalue weighted by Crippen LogP contribution is 2.64. The Kier molecular flexibility index (Phi) is 2.89. The highest BCUT2D eigenvalue weighted by molar-refractivity contribution is 5.55. The molecule has 2 aliphatic carbocycles. The van der Waals surface area contributed by atoms with Crippen LogP contribution in [0.25, 0.3) is 0 Å². The van der Waals surface area contributed by atoms with Crippen LogP contribution < -0.4 is 4.84 Å². The van der Waals surface area contributed by atoms with Crippen LogP contribution in [0.4, 0.5) is 0 Å². The summed E-state index contributed by atoms with van der Waals surface area (Å²) in [6.07, 6.45) is 3.54. The van der Waals surface area contributed by atoms with Crippen LogP contribution in [0.1, 0.15) is 62.5 Å². The maximum atomic E-state index is 10.5. The van der Waals surface area contributed by atoms with Crippen LogP contribution in [-0.2, 0) is 4.74 Å². The van der Waals surface area contributed by atoms with Gasteiger partial charge in [-0.3, -0.25) is 0 Å². The van der Waals surface area contributed by atoms with Crippen molar-refractivity contribution in [3.8, 4) is 11.8 Å². The van der Waals surface area contributed by atoms with Gasteiger partial charge in [-0.25, -0.2) is 0 Å². The Balaban J connectivity index is 1.68. The van der Waals surface area contributed by atoms with Crippen molar-refractivity contribution in [1.82, 2.24) is 4.73 Å². The van der Waals surface area contributed by atoms with Crippen molar-refractivity contribution >= 4 is 0 Å². The van der Waals surface area contributed by atoms with Gasteiger partial charge in [-0.2, -0.15) is 0 Å². The molecule has 2 bridgehead atoms. The molecule has 0 radical (unpaired) electrons. The summed E-state index contributed by atoms with van der Waals surface area (Å²) in [4.78, 5) is 5.70. The molecule has 1 aromatic rings. The molecule has 2 fully saturated rings. The van der Waals surface area contributed by atoms with Gasteiger partial charge in [0, 0.05) is 17.5 Å². The molecule has 4 rings (SSSR count). The van der Waals surface area contributed by atoms with E-state index in [4.69, 9.17) is 9.57 Å². The molecule has 21 heavy (non-hydrogen) atoms. The third kappa shape index (κ3) is 1.73. The van der Waals surface area contributed by atoms with E-state index in [0.29, 0.717) is 30.3 Å². The number of fused-ring (bicyclic) bond motifs is 5. The molecule has 5 unspecified atom stereocenters. The Bertz CT molecular complexity index is 524. The Morgan fingerprint density at radius 2 is 1.67 bits per heavy atom. The second-order valence-electron chi connectivity index (χ2n) is 6.84. The molecule has 5 atom stereocenters. The summed E-state index contributed by atoms with van der Waals surface area (Å²) < 4.78 is 6.74. The molecule has 1 saturated heterocycles. The molecule has 2 heterocycles. The molecule has 1 aliphatic heterocycles. The average molecular weight is 293 g/mol. The summed E-state index contributed by atoms with van der Waals surface area (Å²) in [5, 5.41) is 21.0. The monoisotopic (exact) mass is 293 g/mol. The molecule has 3 aliphatic rings. The molecule has 1 aromatic heterocycles. The number of rotatable bonds is 2. The number of hydrogen-bond acceptors (Lipinski definition) is 4. The van der Waals surface area contributed by atoms with E-state index in [1.165, 1.54) is 4.73 Å². The maximum absolute atomic E-state index is 10.5. The van der Waals surface area contributed by atoms with E-state index in [1.807, 2.05) is 0 Å². The summed E-state index contributed by atoms with van der Waals surface area (Å²) in [7, 11) is 0. The predicted molar refractivity (Wildman–Crippen MR) is 76.4 cm³/mol. The van der Waals surface area contributed by atoms with Crippen molar-refractivity contribution < 1.29 is 19.8 Å². The Morgan fingerprint density at radius 3 is 2.19 bits per heavy atom. The van der Waals surface area contributed by atoms with Gasteiger partial charge in [0.1, 0.15) is 0 Å². The van der Waals surface area contributed by atoms with Crippen molar-refractivity contribution in [1.29, 1.82) is 0 Å². The normalized spacial score (nSPS) is 37.7. The van der Waals surface area contributed by atoms with Gasteiger partial charge in [0.2, 0.25) is 18.1 Å². The van der Waals surface area contributed by atoms with E-state index in [9.17, 15) is 10.2 Å². The van der Waals surface area contributed by atoms with Crippen molar-refractivity contribution in [2.75, 3.05) is 6.61 Å². The zero-order chi connectivity index (χ0) is 14.7. The molecule has 5 nitrogen and oxygen atoms in total. The first-order valence-corrected chi connectivity index (χ1v) is 8.04. The Labute approximate surface area is 124 Å². The number of aromatic nitrogens is 1. The SMILES string of the molecule is CC1C2CC(c3c2c(O)n(OC2CCCCO2)c3O)C1C. The van der Waals surface area contributed by atoms with Crippen LogP contribution in [-0.4, -0.2) is 27.8 Å². The van der Waals surface area contributed by atoms with Gasteiger partial charge >= 0.3 is 0 Å². The van der Waals surface area contributed by atoms with Gasteiger partial charge in [-0.1, -0.05) is 13.8 Å². The Morgan fingerprint density at radius 1 is 1.05 bits per heavy atom. The quantitative estimate of drug-likeness (QED) is 0.880. The summed E-state index contributed by atoms with van der Waals surface area (Å²) in [6.45, 7) is 5.14.